The molecule has 0 aliphatic carbocycles. The molecule has 0 amide bonds. The lowest BCUT2D eigenvalue weighted by atomic mass is 10.1. The van der Waals surface area contributed by atoms with Crippen molar-refractivity contribution in [2.45, 2.75) is 26.7 Å². The number of carboxylic acids is 1. The van der Waals surface area contributed by atoms with Crippen LogP contribution in [0.3, 0.4) is 0 Å². The quantitative estimate of drug-likeness (QED) is 0.767. The Bertz CT molecular complexity index is 783. The molecule has 0 saturated heterocycles. The molecule has 0 fully saturated rings. The summed E-state index contributed by atoms with van der Waals surface area (Å²) in [7, 11) is 0. The summed E-state index contributed by atoms with van der Waals surface area (Å²) in [5, 5.41) is 13.5. The Balaban J connectivity index is 2.05. The Morgan fingerprint density at radius 2 is 1.58 bits per heavy atom. The van der Waals surface area contributed by atoms with E-state index in [2.05, 4.69) is 36.3 Å². The maximum absolute atomic E-state index is 10.8. The highest BCUT2D eigenvalue weighted by atomic mass is 16.4. The number of carbonyl (C=O) groups is 1. The average Bonchev–Trinajstić information content (AvgIpc) is 2.98. The molecule has 4 nitrogen and oxygen atoms in total. The van der Waals surface area contributed by atoms with Gasteiger partial charge >= 0.3 is 5.97 Å². The summed E-state index contributed by atoms with van der Waals surface area (Å²) in [5.41, 5.74) is 6.18. The Hall–Kier alpha value is -2.88. The van der Waals surface area contributed by atoms with Gasteiger partial charge in [0.25, 0.3) is 0 Å². The van der Waals surface area contributed by atoms with Gasteiger partial charge in [-0.25, -0.2) is 4.68 Å². The summed E-state index contributed by atoms with van der Waals surface area (Å²) in [6.45, 7) is 4.10. The van der Waals surface area contributed by atoms with Crippen molar-refractivity contribution in [2.24, 2.45) is 0 Å². The predicted molar refractivity (Wildman–Crippen MR) is 94.4 cm³/mol. The lowest BCUT2D eigenvalue weighted by molar-refractivity contribution is -0.136. The van der Waals surface area contributed by atoms with E-state index in [1.165, 1.54) is 11.1 Å². The Kier molecular flexibility index (Phi) is 4.47. The van der Waals surface area contributed by atoms with Crippen molar-refractivity contribution in [3.8, 4) is 16.9 Å². The van der Waals surface area contributed by atoms with E-state index in [0.29, 0.717) is 6.42 Å². The molecule has 0 atom stereocenters. The molecule has 3 rings (SSSR count). The van der Waals surface area contributed by atoms with Gasteiger partial charge in [-0.1, -0.05) is 47.5 Å². The van der Waals surface area contributed by atoms with Crippen LogP contribution in [-0.4, -0.2) is 20.9 Å². The molecule has 4 heteroatoms. The minimum atomic E-state index is -0.809. The molecule has 3 aromatic rings. The van der Waals surface area contributed by atoms with Crippen molar-refractivity contribution in [2.75, 3.05) is 0 Å². The van der Waals surface area contributed by atoms with Crippen LogP contribution in [-0.2, 0) is 11.2 Å². The van der Waals surface area contributed by atoms with E-state index in [-0.39, 0.29) is 6.42 Å². The maximum atomic E-state index is 10.8. The fraction of sp³-hybridized carbons (Fsp3) is 0.200. The van der Waals surface area contributed by atoms with E-state index in [4.69, 9.17) is 5.11 Å². The van der Waals surface area contributed by atoms with Crippen molar-refractivity contribution >= 4 is 5.97 Å². The normalized spacial score (nSPS) is 10.8. The van der Waals surface area contributed by atoms with E-state index >= 15 is 0 Å². The van der Waals surface area contributed by atoms with E-state index in [1.54, 1.807) is 0 Å². The number of aliphatic carboxylic acids is 1. The molecular formula is C20H20N2O2. The van der Waals surface area contributed by atoms with E-state index < -0.39 is 5.97 Å². The number of hydrogen-bond acceptors (Lipinski definition) is 2. The first-order chi connectivity index (χ1) is 11.5. The van der Waals surface area contributed by atoms with Crippen LogP contribution < -0.4 is 0 Å². The smallest absolute Gasteiger partial charge is 0.303 e. The molecule has 1 aromatic heterocycles. The van der Waals surface area contributed by atoms with Crippen LogP contribution in [0.1, 0.15) is 23.2 Å². The van der Waals surface area contributed by atoms with Gasteiger partial charge in [-0.2, -0.15) is 5.10 Å². The molecule has 0 aliphatic heterocycles. The highest BCUT2D eigenvalue weighted by molar-refractivity contribution is 5.67. The molecular weight excluding hydrogens is 300 g/mol. The second-order valence-corrected chi connectivity index (χ2v) is 6.03. The highest BCUT2D eigenvalue weighted by Crippen LogP contribution is 2.25. The first-order valence-corrected chi connectivity index (χ1v) is 7.98. The van der Waals surface area contributed by atoms with Crippen LogP contribution >= 0.6 is 0 Å². The molecule has 1 heterocycles. The number of nitrogens with zero attached hydrogens (tertiary/aromatic N) is 2. The topological polar surface area (TPSA) is 55.1 Å². The van der Waals surface area contributed by atoms with Gasteiger partial charge in [0.05, 0.1) is 23.5 Å². The fourth-order valence-corrected chi connectivity index (χ4v) is 2.60. The second kappa shape index (κ2) is 6.71. The van der Waals surface area contributed by atoms with Crippen LogP contribution in [0.4, 0.5) is 0 Å². The summed E-state index contributed by atoms with van der Waals surface area (Å²) < 4.78 is 1.89. The average molecular weight is 320 g/mol. The molecule has 0 saturated carbocycles. The standard InChI is InChI=1S/C20H20N2O2/c1-14-3-7-16(8-4-14)19-13-17(9-12-20(23)24)21-22(19)18-10-5-15(2)6-11-18/h3-8,10-11,13H,9,12H2,1-2H3,(H,23,24). The first kappa shape index (κ1) is 16.0. The van der Waals surface area contributed by atoms with Crippen molar-refractivity contribution in [1.29, 1.82) is 0 Å². The zero-order chi connectivity index (χ0) is 17.1. The van der Waals surface area contributed by atoms with Gasteiger partial charge in [0.15, 0.2) is 0 Å². The van der Waals surface area contributed by atoms with Gasteiger partial charge in [-0.15, -0.1) is 0 Å². The first-order valence-electron chi connectivity index (χ1n) is 7.98. The number of carboxylic acid groups (broad SMARTS) is 1. The molecule has 1 N–H and O–H groups in total. The molecule has 122 valence electrons. The minimum Gasteiger partial charge on any atom is -0.481 e. The molecule has 0 bridgehead atoms. The Morgan fingerprint density at radius 3 is 2.17 bits per heavy atom. The molecule has 0 spiro atoms. The third-order valence-corrected chi connectivity index (χ3v) is 3.98. The second-order valence-electron chi connectivity index (χ2n) is 6.03. The summed E-state index contributed by atoms with van der Waals surface area (Å²) in [5.74, 6) is -0.809. The van der Waals surface area contributed by atoms with Crippen molar-refractivity contribution < 1.29 is 9.90 Å². The largest absolute Gasteiger partial charge is 0.481 e. The Morgan fingerprint density at radius 1 is 1.00 bits per heavy atom. The zero-order valence-electron chi connectivity index (χ0n) is 13.9. The number of aromatic nitrogens is 2. The van der Waals surface area contributed by atoms with Gasteiger partial charge in [-0.3, -0.25) is 4.79 Å². The minimum absolute atomic E-state index is 0.0816. The lowest BCUT2D eigenvalue weighted by Crippen LogP contribution is -2.01. The van der Waals surface area contributed by atoms with Crippen LogP contribution in [0, 0.1) is 13.8 Å². The number of aryl methyl sites for hydroxylation is 3. The molecule has 0 radical (unpaired) electrons. The van der Waals surface area contributed by atoms with Crippen LogP contribution in [0.15, 0.2) is 54.6 Å². The summed E-state index contributed by atoms with van der Waals surface area (Å²) >= 11 is 0. The van der Waals surface area contributed by atoms with Gasteiger partial charge in [0.1, 0.15) is 0 Å². The van der Waals surface area contributed by atoms with Crippen molar-refractivity contribution in [3.63, 3.8) is 0 Å². The maximum Gasteiger partial charge on any atom is 0.303 e. The number of hydrogen-bond donors (Lipinski definition) is 1. The third kappa shape index (κ3) is 3.54. The lowest BCUT2D eigenvalue weighted by Gasteiger charge is -2.08. The Labute approximate surface area is 141 Å². The van der Waals surface area contributed by atoms with Crippen molar-refractivity contribution in [3.05, 3.63) is 71.4 Å². The summed E-state index contributed by atoms with van der Waals surface area (Å²) in [6, 6.07) is 18.4. The third-order valence-electron chi connectivity index (χ3n) is 3.98. The summed E-state index contributed by atoms with van der Waals surface area (Å²) in [6.07, 6.45) is 0.505. The molecule has 2 aromatic carbocycles. The van der Waals surface area contributed by atoms with E-state index in [1.807, 2.05) is 41.9 Å². The number of rotatable bonds is 5. The van der Waals surface area contributed by atoms with E-state index in [9.17, 15) is 4.79 Å². The zero-order valence-corrected chi connectivity index (χ0v) is 13.9. The van der Waals surface area contributed by atoms with Gasteiger partial charge in [-0.05, 0) is 32.0 Å². The van der Waals surface area contributed by atoms with Gasteiger partial charge in [0.2, 0.25) is 0 Å². The van der Waals surface area contributed by atoms with Crippen LogP contribution in [0.25, 0.3) is 16.9 Å². The highest BCUT2D eigenvalue weighted by Gasteiger charge is 2.12. The van der Waals surface area contributed by atoms with E-state index in [0.717, 1.165) is 22.6 Å². The molecule has 0 aliphatic rings. The van der Waals surface area contributed by atoms with Crippen LogP contribution in [0.5, 0.6) is 0 Å². The predicted octanol–water partition coefficient (Wildman–Crippen LogP) is 4.17. The fourth-order valence-electron chi connectivity index (χ4n) is 2.60. The summed E-state index contributed by atoms with van der Waals surface area (Å²) in [4.78, 5) is 10.8. The van der Waals surface area contributed by atoms with Crippen molar-refractivity contribution in [1.82, 2.24) is 9.78 Å². The molecule has 24 heavy (non-hydrogen) atoms. The van der Waals surface area contributed by atoms with Gasteiger partial charge < -0.3 is 5.11 Å². The monoisotopic (exact) mass is 320 g/mol. The van der Waals surface area contributed by atoms with Gasteiger partial charge in [0, 0.05) is 12.0 Å². The SMILES string of the molecule is Cc1ccc(-c2cc(CCC(=O)O)nn2-c2ccc(C)cc2)cc1. The van der Waals surface area contributed by atoms with Crippen LogP contribution in [0.2, 0.25) is 0 Å². The number of benzene rings is 2. The molecule has 0 unspecified atom stereocenters.